The van der Waals surface area contributed by atoms with Crippen molar-refractivity contribution in [1.29, 1.82) is 0 Å². The molecule has 0 amide bonds. The average molecular weight is 266 g/mol. The lowest BCUT2D eigenvalue weighted by molar-refractivity contribution is 0.619. The largest absolute Gasteiger partial charge is 0.340 e. The van der Waals surface area contributed by atoms with Gasteiger partial charge in [0.2, 0.25) is 0 Å². The molecule has 1 aromatic heterocycles. The molecule has 0 aliphatic heterocycles. The van der Waals surface area contributed by atoms with Gasteiger partial charge in [-0.1, -0.05) is 18.5 Å². The number of nitrogens with zero attached hydrogens (tertiary/aromatic N) is 2. The first-order chi connectivity index (χ1) is 8.61. The summed E-state index contributed by atoms with van der Waals surface area (Å²) >= 11 is 6.00. The van der Waals surface area contributed by atoms with Crippen LogP contribution in [0.1, 0.15) is 18.1 Å². The lowest BCUT2D eigenvalue weighted by Crippen LogP contribution is -2.01. The third-order valence-electron chi connectivity index (χ3n) is 2.67. The topological polar surface area (TPSA) is 37.8 Å². The molecule has 1 heterocycles. The predicted octanol–water partition coefficient (Wildman–Crippen LogP) is 3.88. The SMILES string of the molecule is CCc1c(Cl)ncnc1Nc1ccc(F)c(C)c1. The maximum Gasteiger partial charge on any atom is 0.138 e. The summed E-state index contributed by atoms with van der Waals surface area (Å²) in [5, 5.41) is 3.57. The first-order valence-corrected chi connectivity index (χ1v) is 6.02. The standard InChI is InChI=1S/C13H13ClFN3/c1-3-10-12(14)16-7-17-13(10)18-9-4-5-11(15)8(2)6-9/h4-7H,3H2,1-2H3,(H,16,17,18). The van der Waals surface area contributed by atoms with E-state index < -0.39 is 0 Å². The van der Waals surface area contributed by atoms with Crippen LogP contribution in [0.25, 0.3) is 0 Å². The molecule has 0 atom stereocenters. The van der Waals surface area contributed by atoms with E-state index in [2.05, 4.69) is 15.3 Å². The molecule has 0 spiro atoms. The summed E-state index contributed by atoms with van der Waals surface area (Å²) in [5.41, 5.74) is 2.21. The van der Waals surface area contributed by atoms with Gasteiger partial charge in [0.15, 0.2) is 0 Å². The van der Waals surface area contributed by atoms with E-state index >= 15 is 0 Å². The van der Waals surface area contributed by atoms with E-state index in [4.69, 9.17) is 11.6 Å². The van der Waals surface area contributed by atoms with Crippen molar-refractivity contribution in [3.63, 3.8) is 0 Å². The Hall–Kier alpha value is -1.68. The summed E-state index contributed by atoms with van der Waals surface area (Å²) in [6.07, 6.45) is 2.13. The monoisotopic (exact) mass is 265 g/mol. The Morgan fingerprint density at radius 2 is 2.11 bits per heavy atom. The molecule has 0 saturated carbocycles. The van der Waals surface area contributed by atoms with Crippen LogP contribution in [-0.2, 0) is 6.42 Å². The molecule has 0 fully saturated rings. The molecule has 0 radical (unpaired) electrons. The number of halogens is 2. The van der Waals surface area contributed by atoms with Crippen molar-refractivity contribution in [3.05, 3.63) is 46.6 Å². The number of nitrogens with one attached hydrogen (secondary N) is 1. The van der Waals surface area contributed by atoms with Crippen molar-refractivity contribution >= 4 is 23.1 Å². The molecule has 94 valence electrons. The highest BCUT2D eigenvalue weighted by Gasteiger charge is 2.08. The quantitative estimate of drug-likeness (QED) is 0.856. The van der Waals surface area contributed by atoms with Gasteiger partial charge in [0.1, 0.15) is 23.1 Å². The molecule has 0 aliphatic rings. The molecule has 2 rings (SSSR count). The van der Waals surface area contributed by atoms with Crippen LogP contribution < -0.4 is 5.32 Å². The van der Waals surface area contributed by atoms with Gasteiger partial charge in [-0.3, -0.25) is 0 Å². The second kappa shape index (κ2) is 5.31. The van der Waals surface area contributed by atoms with Crippen molar-refractivity contribution in [2.45, 2.75) is 20.3 Å². The fraction of sp³-hybridized carbons (Fsp3) is 0.231. The Morgan fingerprint density at radius 1 is 1.33 bits per heavy atom. The number of benzene rings is 1. The molecular weight excluding hydrogens is 253 g/mol. The zero-order chi connectivity index (χ0) is 13.1. The van der Waals surface area contributed by atoms with Gasteiger partial charge in [-0.05, 0) is 37.1 Å². The van der Waals surface area contributed by atoms with Crippen LogP contribution in [-0.4, -0.2) is 9.97 Å². The second-order valence-electron chi connectivity index (χ2n) is 3.93. The van der Waals surface area contributed by atoms with E-state index in [1.165, 1.54) is 12.4 Å². The Bertz CT molecular complexity index is 572. The van der Waals surface area contributed by atoms with Crippen LogP contribution in [0.4, 0.5) is 15.9 Å². The Labute approximate surface area is 110 Å². The van der Waals surface area contributed by atoms with E-state index in [1.54, 1.807) is 19.1 Å². The minimum Gasteiger partial charge on any atom is -0.340 e. The lowest BCUT2D eigenvalue weighted by atomic mass is 10.2. The van der Waals surface area contributed by atoms with Gasteiger partial charge in [-0.2, -0.15) is 0 Å². The summed E-state index contributed by atoms with van der Waals surface area (Å²) in [5.74, 6) is 0.431. The predicted molar refractivity (Wildman–Crippen MR) is 70.8 cm³/mol. The maximum absolute atomic E-state index is 13.2. The Kier molecular flexibility index (Phi) is 3.77. The summed E-state index contributed by atoms with van der Waals surface area (Å²) < 4.78 is 13.2. The molecular formula is C13H13ClFN3. The lowest BCUT2D eigenvalue weighted by Gasteiger charge is -2.11. The highest BCUT2D eigenvalue weighted by molar-refractivity contribution is 6.30. The molecule has 2 aromatic rings. The molecule has 0 aliphatic carbocycles. The fourth-order valence-electron chi connectivity index (χ4n) is 1.67. The third kappa shape index (κ3) is 2.59. The Morgan fingerprint density at radius 3 is 2.78 bits per heavy atom. The molecule has 1 N–H and O–H groups in total. The van der Waals surface area contributed by atoms with Crippen molar-refractivity contribution in [2.75, 3.05) is 5.32 Å². The van der Waals surface area contributed by atoms with Crippen LogP contribution in [0.2, 0.25) is 5.15 Å². The second-order valence-corrected chi connectivity index (χ2v) is 4.29. The smallest absolute Gasteiger partial charge is 0.138 e. The van der Waals surface area contributed by atoms with E-state index in [-0.39, 0.29) is 5.82 Å². The number of hydrogen-bond acceptors (Lipinski definition) is 3. The van der Waals surface area contributed by atoms with Crippen LogP contribution >= 0.6 is 11.6 Å². The maximum atomic E-state index is 13.2. The highest BCUT2D eigenvalue weighted by Crippen LogP contribution is 2.24. The third-order valence-corrected chi connectivity index (χ3v) is 2.99. The highest BCUT2D eigenvalue weighted by atomic mass is 35.5. The molecule has 0 unspecified atom stereocenters. The van der Waals surface area contributed by atoms with E-state index in [0.29, 0.717) is 16.5 Å². The summed E-state index contributed by atoms with van der Waals surface area (Å²) in [6, 6.07) is 4.81. The minimum absolute atomic E-state index is 0.225. The van der Waals surface area contributed by atoms with E-state index in [9.17, 15) is 4.39 Å². The van der Waals surface area contributed by atoms with Gasteiger partial charge in [0.25, 0.3) is 0 Å². The summed E-state index contributed by atoms with van der Waals surface area (Å²) in [6.45, 7) is 3.69. The summed E-state index contributed by atoms with van der Waals surface area (Å²) in [7, 11) is 0. The molecule has 1 aromatic carbocycles. The van der Waals surface area contributed by atoms with E-state index in [1.807, 2.05) is 6.92 Å². The van der Waals surface area contributed by atoms with Crippen molar-refractivity contribution in [1.82, 2.24) is 9.97 Å². The number of hydrogen-bond donors (Lipinski definition) is 1. The summed E-state index contributed by atoms with van der Waals surface area (Å²) in [4.78, 5) is 8.10. The van der Waals surface area contributed by atoms with Gasteiger partial charge >= 0.3 is 0 Å². The van der Waals surface area contributed by atoms with Crippen LogP contribution in [0.15, 0.2) is 24.5 Å². The molecule has 18 heavy (non-hydrogen) atoms. The number of rotatable bonds is 3. The first kappa shape index (κ1) is 12.8. The zero-order valence-corrected chi connectivity index (χ0v) is 10.9. The normalized spacial score (nSPS) is 10.4. The first-order valence-electron chi connectivity index (χ1n) is 5.64. The molecule has 0 saturated heterocycles. The van der Waals surface area contributed by atoms with Gasteiger partial charge in [-0.25, -0.2) is 14.4 Å². The van der Waals surface area contributed by atoms with Crippen molar-refractivity contribution < 1.29 is 4.39 Å². The minimum atomic E-state index is -0.225. The fourth-order valence-corrected chi connectivity index (χ4v) is 1.94. The number of aryl methyl sites for hydroxylation is 1. The van der Waals surface area contributed by atoms with Gasteiger partial charge in [0.05, 0.1) is 0 Å². The number of anilines is 2. The molecule has 0 bridgehead atoms. The van der Waals surface area contributed by atoms with Crippen molar-refractivity contribution in [3.8, 4) is 0 Å². The van der Waals surface area contributed by atoms with E-state index in [0.717, 1.165) is 17.7 Å². The number of aromatic nitrogens is 2. The van der Waals surface area contributed by atoms with Gasteiger partial charge < -0.3 is 5.32 Å². The molecule has 3 nitrogen and oxygen atoms in total. The van der Waals surface area contributed by atoms with Gasteiger partial charge in [0, 0.05) is 11.3 Å². The van der Waals surface area contributed by atoms with Crippen molar-refractivity contribution in [2.24, 2.45) is 0 Å². The van der Waals surface area contributed by atoms with Crippen LogP contribution in [0, 0.1) is 12.7 Å². The van der Waals surface area contributed by atoms with Crippen LogP contribution in [0.5, 0.6) is 0 Å². The average Bonchev–Trinajstić information content (AvgIpc) is 2.34. The Balaban J connectivity index is 2.34. The molecule has 5 heteroatoms. The van der Waals surface area contributed by atoms with Crippen LogP contribution in [0.3, 0.4) is 0 Å². The van der Waals surface area contributed by atoms with Gasteiger partial charge in [-0.15, -0.1) is 0 Å². The zero-order valence-electron chi connectivity index (χ0n) is 10.2.